The van der Waals surface area contributed by atoms with E-state index in [4.69, 9.17) is 4.74 Å². The standard InChI is InChI=1S/C23H21NO3S.ClH/c1-2-9-18-15-28-20-14-19(25)24(20)21(18)23(26)27-22(16-10-5-3-6-11-16)17-12-7-4-8-13-17;/h2-13,20,22H,14-15H2,1H3;1H/b9-2+;. The fourth-order valence-corrected chi connectivity index (χ4v) is 4.74. The maximum Gasteiger partial charge on any atom is 0.356 e. The number of allylic oxidation sites excluding steroid dienone is 2. The summed E-state index contributed by atoms with van der Waals surface area (Å²) >= 11 is 1.69. The van der Waals surface area contributed by atoms with Crippen LogP contribution in [-0.2, 0) is 14.3 Å². The number of ether oxygens (including phenoxy) is 1. The molecule has 150 valence electrons. The molecule has 6 heteroatoms. The molecule has 1 saturated heterocycles. The molecule has 2 aliphatic heterocycles. The van der Waals surface area contributed by atoms with Crippen molar-refractivity contribution in [3.8, 4) is 0 Å². The summed E-state index contributed by atoms with van der Waals surface area (Å²) in [5.74, 6) is 0.219. The van der Waals surface area contributed by atoms with Crippen LogP contribution >= 0.6 is 24.2 Å². The van der Waals surface area contributed by atoms with Crippen molar-refractivity contribution in [3.63, 3.8) is 0 Å². The Morgan fingerprint density at radius 3 is 2.21 bits per heavy atom. The van der Waals surface area contributed by atoms with E-state index in [0.29, 0.717) is 17.9 Å². The zero-order valence-corrected chi connectivity index (χ0v) is 17.6. The van der Waals surface area contributed by atoms with E-state index in [2.05, 4.69) is 0 Å². The van der Waals surface area contributed by atoms with E-state index in [-0.39, 0.29) is 23.7 Å². The van der Waals surface area contributed by atoms with Gasteiger partial charge in [0.1, 0.15) is 5.70 Å². The number of fused-ring (bicyclic) bond motifs is 1. The number of amides is 1. The maximum atomic E-state index is 13.3. The summed E-state index contributed by atoms with van der Waals surface area (Å²) < 4.78 is 6.01. The molecule has 1 atom stereocenters. The molecule has 0 N–H and O–H groups in total. The number of nitrogens with zero attached hydrogens (tertiary/aromatic N) is 1. The van der Waals surface area contributed by atoms with Crippen LogP contribution in [0.1, 0.15) is 30.6 Å². The molecule has 1 amide bonds. The average Bonchev–Trinajstić information content (AvgIpc) is 2.73. The topological polar surface area (TPSA) is 46.6 Å². The van der Waals surface area contributed by atoms with Crippen LogP contribution in [0.4, 0.5) is 0 Å². The highest BCUT2D eigenvalue weighted by Crippen LogP contribution is 2.41. The Labute approximate surface area is 181 Å². The van der Waals surface area contributed by atoms with Gasteiger partial charge in [0.05, 0.1) is 11.8 Å². The van der Waals surface area contributed by atoms with Crippen LogP contribution in [0.5, 0.6) is 0 Å². The van der Waals surface area contributed by atoms with Gasteiger partial charge in [-0.3, -0.25) is 9.69 Å². The minimum atomic E-state index is -0.529. The van der Waals surface area contributed by atoms with Gasteiger partial charge >= 0.3 is 5.97 Å². The molecule has 1 unspecified atom stereocenters. The first-order valence-corrected chi connectivity index (χ1v) is 10.3. The summed E-state index contributed by atoms with van der Waals surface area (Å²) in [6.45, 7) is 1.90. The number of carbonyl (C=O) groups excluding carboxylic acids is 2. The predicted octanol–water partition coefficient (Wildman–Crippen LogP) is 4.88. The SMILES string of the molecule is C/C=C/C1=C(C(=O)OC(c2ccccc2)c2ccccc2)N2C(=O)CC2SC1.Cl. The highest BCUT2D eigenvalue weighted by Gasteiger charge is 2.45. The summed E-state index contributed by atoms with van der Waals surface area (Å²) in [6.07, 6.45) is 3.73. The van der Waals surface area contributed by atoms with E-state index in [9.17, 15) is 9.59 Å². The molecule has 0 saturated carbocycles. The van der Waals surface area contributed by atoms with Crippen LogP contribution in [0.2, 0.25) is 0 Å². The van der Waals surface area contributed by atoms with Gasteiger partial charge in [0.25, 0.3) is 0 Å². The normalized spacial score (nSPS) is 18.3. The quantitative estimate of drug-likeness (QED) is 0.504. The number of β-lactam (4-membered cyclic amide) rings is 1. The van der Waals surface area contributed by atoms with Crippen LogP contribution in [-0.4, -0.2) is 27.9 Å². The minimum absolute atomic E-state index is 0. The van der Waals surface area contributed by atoms with Gasteiger partial charge in [0, 0.05) is 5.75 Å². The van der Waals surface area contributed by atoms with Gasteiger partial charge in [-0.15, -0.1) is 24.2 Å². The van der Waals surface area contributed by atoms with Gasteiger partial charge in [-0.25, -0.2) is 4.79 Å². The largest absolute Gasteiger partial charge is 0.448 e. The average molecular weight is 428 g/mol. The van der Waals surface area contributed by atoms with E-state index in [1.165, 1.54) is 0 Å². The van der Waals surface area contributed by atoms with E-state index in [1.807, 2.05) is 79.7 Å². The molecule has 0 radical (unpaired) electrons. The van der Waals surface area contributed by atoms with Crippen molar-refractivity contribution in [2.45, 2.75) is 24.8 Å². The molecule has 2 heterocycles. The number of halogens is 1. The Balaban J connectivity index is 0.00000240. The second-order valence-electron chi connectivity index (χ2n) is 6.71. The first kappa shape index (κ1) is 21.2. The molecule has 0 bridgehead atoms. The van der Waals surface area contributed by atoms with E-state index < -0.39 is 12.1 Å². The molecule has 0 aliphatic carbocycles. The highest BCUT2D eigenvalue weighted by molar-refractivity contribution is 8.00. The third-order valence-electron chi connectivity index (χ3n) is 4.87. The Kier molecular flexibility index (Phi) is 6.83. The van der Waals surface area contributed by atoms with Crippen LogP contribution < -0.4 is 0 Å². The molecule has 4 rings (SSSR count). The molecule has 2 aromatic rings. The van der Waals surface area contributed by atoms with Crippen molar-refractivity contribution in [2.75, 3.05) is 5.75 Å². The second kappa shape index (κ2) is 9.33. The van der Waals surface area contributed by atoms with Crippen molar-refractivity contribution in [1.29, 1.82) is 0 Å². The van der Waals surface area contributed by atoms with Gasteiger partial charge in [0.2, 0.25) is 5.91 Å². The van der Waals surface area contributed by atoms with Gasteiger partial charge < -0.3 is 4.74 Å². The lowest BCUT2D eigenvalue weighted by atomic mass is 10.0. The lowest BCUT2D eigenvalue weighted by molar-refractivity contribution is -0.151. The van der Waals surface area contributed by atoms with Gasteiger partial charge in [0.15, 0.2) is 6.10 Å². The zero-order chi connectivity index (χ0) is 19.5. The second-order valence-corrected chi connectivity index (χ2v) is 7.88. The number of rotatable bonds is 5. The van der Waals surface area contributed by atoms with Crippen molar-refractivity contribution >= 4 is 36.0 Å². The number of hydrogen-bond donors (Lipinski definition) is 0. The lowest BCUT2D eigenvalue weighted by Gasteiger charge is -2.44. The van der Waals surface area contributed by atoms with Crippen molar-refractivity contribution in [2.24, 2.45) is 0 Å². The minimum Gasteiger partial charge on any atom is -0.448 e. The molecule has 2 aliphatic rings. The monoisotopic (exact) mass is 427 g/mol. The molecular weight excluding hydrogens is 406 g/mol. The number of hydrogen-bond acceptors (Lipinski definition) is 4. The Morgan fingerprint density at radius 1 is 1.10 bits per heavy atom. The molecular formula is C23H22ClNO3S. The Morgan fingerprint density at radius 2 is 1.69 bits per heavy atom. The van der Waals surface area contributed by atoms with Crippen LogP contribution in [0.15, 0.2) is 84.1 Å². The number of carbonyl (C=O) groups is 2. The van der Waals surface area contributed by atoms with Crippen molar-refractivity contribution in [3.05, 3.63) is 95.2 Å². The number of benzene rings is 2. The summed E-state index contributed by atoms with van der Waals surface area (Å²) in [7, 11) is 0. The Hall–Kier alpha value is -2.50. The smallest absolute Gasteiger partial charge is 0.356 e. The molecule has 29 heavy (non-hydrogen) atoms. The fraction of sp³-hybridized carbons (Fsp3) is 0.217. The molecule has 0 spiro atoms. The van der Waals surface area contributed by atoms with Crippen molar-refractivity contribution < 1.29 is 14.3 Å². The maximum absolute atomic E-state index is 13.3. The fourth-order valence-electron chi connectivity index (χ4n) is 3.50. The van der Waals surface area contributed by atoms with Crippen molar-refractivity contribution in [1.82, 2.24) is 4.90 Å². The predicted molar refractivity (Wildman–Crippen MR) is 118 cm³/mol. The van der Waals surface area contributed by atoms with Gasteiger partial charge in [-0.2, -0.15) is 0 Å². The van der Waals surface area contributed by atoms with E-state index >= 15 is 0 Å². The first-order valence-electron chi connectivity index (χ1n) is 9.29. The summed E-state index contributed by atoms with van der Waals surface area (Å²) in [4.78, 5) is 27.1. The Bertz CT molecular complexity index is 904. The summed E-state index contributed by atoms with van der Waals surface area (Å²) in [5, 5.41) is 0.0379. The highest BCUT2D eigenvalue weighted by atomic mass is 35.5. The summed E-state index contributed by atoms with van der Waals surface area (Å²) in [5.41, 5.74) is 3.01. The molecule has 1 fully saturated rings. The van der Waals surface area contributed by atoms with E-state index in [0.717, 1.165) is 16.7 Å². The molecule has 0 aromatic heterocycles. The first-order chi connectivity index (χ1) is 13.7. The van der Waals surface area contributed by atoms with Crippen LogP contribution in [0.25, 0.3) is 0 Å². The van der Waals surface area contributed by atoms with Gasteiger partial charge in [-0.1, -0.05) is 72.8 Å². The third-order valence-corrected chi connectivity index (χ3v) is 6.11. The van der Waals surface area contributed by atoms with Crippen LogP contribution in [0.3, 0.4) is 0 Å². The van der Waals surface area contributed by atoms with E-state index in [1.54, 1.807) is 16.7 Å². The lowest BCUT2D eigenvalue weighted by Crippen LogP contribution is -2.54. The van der Waals surface area contributed by atoms with Gasteiger partial charge in [-0.05, 0) is 23.6 Å². The van der Waals surface area contributed by atoms with Crippen LogP contribution in [0, 0.1) is 0 Å². The molecule has 4 nitrogen and oxygen atoms in total. The number of thioether (sulfide) groups is 1. The third kappa shape index (κ3) is 4.26. The molecule has 2 aromatic carbocycles. The summed E-state index contributed by atoms with van der Waals surface area (Å²) in [6, 6.07) is 19.4. The zero-order valence-electron chi connectivity index (χ0n) is 16.0. The number of esters is 1.